The summed E-state index contributed by atoms with van der Waals surface area (Å²) < 4.78 is 77.1. The Kier molecular flexibility index (Phi) is 11.4. The topological polar surface area (TPSA) is 106 Å². The van der Waals surface area contributed by atoms with E-state index in [2.05, 4.69) is 23.7 Å². The van der Waals surface area contributed by atoms with Crippen LogP contribution >= 0.6 is 0 Å². The monoisotopic (exact) mass is 561 g/mol. The third-order valence-electron chi connectivity index (χ3n) is 6.48. The Bertz CT molecular complexity index is 1200. The lowest BCUT2D eigenvalue weighted by Crippen LogP contribution is -2.35. The molecule has 0 spiro atoms. The van der Waals surface area contributed by atoms with Gasteiger partial charge in [0.2, 0.25) is 0 Å². The number of fused-ring (bicyclic) bond motifs is 1. The number of ketones is 1. The fourth-order valence-electron chi connectivity index (χ4n) is 4.42. The van der Waals surface area contributed by atoms with Crippen molar-refractivity contribution in [3.05, 3.63) is 47.2 Å². The van der Waals surface area contributed by atoms with E-state index in [1.54, 1.807) is 21.3 Å². The minimum absolute atomic E-state index is 0.104. The van der Waals surface area contributed by atoms with Crippen molar-refractivity contribution in [3.8, 4) is 17.4 Å². The smallest absolute Gasteiger partial charge is 0.485 e. The molecule has 0 saturated carbocycles. The number of methoxy groups -OCH3 is 3. The zero-order valence-corrected chi connectivity index (χ0v) is 22.8. The highest BCUT2D eigenvalue weighted by Crippen LogP contribution is 2.38. The molecule has 0 bridgehead atoms. The van der Waals surface area contributed by atoms with Gasteiger partial charge in [-0.15, -0.1) is 0 Å². The first-order valence-electron chi connectivity index (χ1n) is 12.2. The Balaban J connectivity index is 0.000000550. The summed E-state index contributed by atoms with van der Waals surface area (Å²) in [7, 11) is 0.908. The van der Waals surface area contributed by atoms with E-state index < -0.39 is 15.6 Å². The first kappa shape index (κ1) is 31.4. The van der Waals surface area contributed by atoms with Gasteiger partial charge in [-0.2, -0.15) is 17.7 Å². The molecular formula is C26H34F3NO7S. The molecule has 1 atom stereocenters. The maximum Gasteiger partial charge on any atom is 0.485 e. The van der Waals surface area contributed by atoms with Crippen molar-refractivity contribution in [1.29, 1.82) is 0 Å². The summed E-state index contributed by atoms with van der Waals surface area (Å²) in [6.45, 7) is 0. The van der Waals surface area contributed by atoms with Crippen molar-refractivity contribution < 1.29 is 49.7 Å². The van der Waals surface area contributed by atoms with E-state index in [-0.39, 0.29) is 11.7 Å². The molecule has 38 heavy (non-hydrogen) atoms. The first-order valence-corrected chi connectivity index (χ1v) is 13.6. The molecule has 3 rings (SSSR count). The molecule has 0 fully saturated rings. The molecule has 0 amide bonds. The largest absolute Gasteiger partial charge is 0.741 e. The predicted molar refractivity (Wildman–Crippen MR) is 132 cm³/mol. The molecule has 1 aromatic heterocycles. The summed E-state index contributed by atoms with van der Waals surface area (Å²) in [5, 5.41) is 0. The summed E-state index contributed by atoms with van der Waals surface area (Å²) in [6, 6.07) is 10.0. The number of nitrogens with zero attached hydrogens (tertiary/aromatic N) is 1. The van der Waals surface area contributed by atoms with Crippen LogP contribution in [-0.2, 0) is 30.0 Å². The number of carbonyl (C=O) groups is 1. The van der Waals surface area contributed by atoms with Gasteiger partial charge in [0.05, 0.1) is 27.4 Å². The van der Waals surface area contributed by atoms with E-state index in [0.717, 1.165) is 42.7 Å². The number of halogens is 3. The van der Waals surface area contributed by atoms with Gasteiger partial charge >= 0.3 is 11.4 Å². The average molecular weight is 562 g/mol. The number of Topliss-reactive ketones (excluding diaryl/α,β-unsaturated/α-hetero) is 1. The fourth-order valence-corrected chi connectivity index (χ4v) is 4.42. The van der Waals surface area contributed by atoms with Crippen molar-refractivity contribution in [1.82, 2.24) is 0 Å². The highest BCUT2D eigenvalue weighted by Gasteiger charge is 2.37. The number of alkyl halides is 3. The van der Waals surface area contributed by atoms with E-state index in [4.69, 9.17) is 27.2 Å². The van der Waals surface area contributed by atoms with Gasteiger partial charge in [-0.1, -0.05) is 25.7 Å². The van der Waals surface area contributed by atoms with Crippen LogP contribution in [0.4, 0.5) is 13.2 Å². The van der Waals surface area contributed by atoms with Crippen molar-refractivity contribution in [2.45, 2.75) is 56.9 Å². The van der Waals surface area contributed by atoms with E-state index in [0.29, 0.717) is 11.5 Å². The number of hydrogen-bond acceptors (Lipinski definition) is 7. The molecular weight excluding hydrogens is 527 g/mol. The number of rotatable bonds is 11. The Morgan fingerprint density at radius 1 is 0.974 bits per heavy atom. The van der Waals surface area contributed by atoms with Crippen LogP contribution in [0.1, 0.15) is 60.1 Å². The third kappa shape index (κ3) is 8.32. The van der Waals surface area contributed by atoms with Crippen LogP contribution in [-0.4, -0.2) is 45.6 Å². The second-order valence-corrected chi connectivity index (χ2v) is 10.3. The quantitative estimate of drug-likeness (QED) is 0.172. The molecule has 1 aliphatic rings. The van der Waals surface area contributed by atoms with Gasteiger partial charge in [-0.3, -0.25) is 4.79 Å². The first-order chi connectivity index (χ1) is 17.8. The number of aromatic nitrogens is 1. The van der Waals surface area contributed by atoms with Crippen LogP contribution in [0.15, 0.2) is 30.3 Å². The predicted octanol–water partition coefficient (Wildman–Crippen LogP) is 4.53. The second kappa shape index (κ2) is 13.8. The van der Waals surface area contributed by atoms with Crippen LogP contribution in [0, 0.1) is 5.92 Å². The number of hydrogen-bond donors (Lipinski definition) is 0. The molecule has 0 N–H and O–H groups in total. The Labute approximate surface area is 221 Å². The lowest BCUT2D eigenvalue weighted by Gasteiger charge is -2.09. The SMILES string of the molecule is COc1cc2c(cc1OC)C(=O)C(CCCCCCCc1cccc(OC)[n+]1C)C2.O=S(=O)([O-])C(F)(F)F. The Hall–Kier alpha value is -2.86. The molecule has 2 aromatic rings. The van der Waals surface area contributed by atoms with Gasteiger partial charge in [0, 0.05) is 24.0 Å². The zero-order valence-electron chi connectivity index (χ0n) is 22.0. The molecule has 0 aliphatic heterocycles. The molecule has 0 saturated heterocycles. The van der Waals surface area contributed by atoms with Crippen molar-refractivity contribution in [2.75, 3.05) is 21.3 Å². The lowest BCUT2D eigenvalue weighted by atomic mass is 9.96. The molecule has 1 unspecified atom stereocenters. The van der Waals surface area contributed by atoms with Gasteiger partial charge in [0.1, 0.15) is 7.05 Å². The standard InChI is InChI=1S/C25H34NO4.CHF3O3S/c1-26-20(13-10-14-24(26)30-4)12-9-7-5-6-8-11-18-15-19-16-22(28-2)23(29-3)17-21(19)25(18)27;2-1(3,4)8(5,6)7/h10,13-14,16-18H,5-9,11-12,15H2,1-4H3;(H,5,6,7)/q+1;/p-1. The van der Waals surface area contributed by atoms with Crippen LogP contribution < -0.4 is 18.8 Å². The molecule has 8 nitrogen and oxygen atoms in total. The zero-order chi connectivity index (χ0) is 28.5. The molecule has 12 heteroatoms. The fraction of sp³-hybridized carbons (Fsp3) is 0.538. The third-order valence-corrected chi connectivity index (χ3v) is 7.05. The van der Waals surface area contributed by atoms with Crippen LogP contribution in [0.3, 0.4) is 0 Å². The second-order valence-electron chi connectivity index (χ2n) is 8.95. The van der Waals surface area contributed by atoms with Crippen molar-refractivity contribution >= 4 is 15.9 Å². The van der Waals surface area contributed by atoms with Crippen LogP contribution in [0.2, 0.25) is 0 Å². The van der Waals surface area contributed by atoms with E-state index in [1.807, 2.05) is 18.2 Å². The Morgan fingerprint density at radius 2 is 1.55 bits per heavy atom. The van der Waals surface area contributed by atoms with Crippen LogP contribution in [0.25, 0.3) is 0 Å². The highest BCUT2D eigenvalue weighted by molar-refractivity contribution is 7.86. The molecule has 1 aliphatic carbocycles. The van der Waals surface area contributed by atoms with Crippen molar-refractivity contribution in [2.24, 2.45) is 13.0 Å². The highest BCUT2D eigenvalue weighted by atomic mass is 32.2. The number of unbranched alkanes of at least 4 members (excludes halogenated alkanes) is 4. The summed E-state index contributed by atoms with van der Waals surface area (Å²) in [5.41, 5.74) is -2.44. The summed E-state index contributed by atoms with van der Waals surface area (Å²) in [4.78, 5) is 12.8. The normalized spacial score (nSPS) is 14.9. The molecule has 1 aromatic carbocycles. The summed E-state index contributed by atoms with van der Waals surface area (Å²) in [5.74, 6) is 2.60. The van der Waals surface area contributed by atoms with Gasteiger partial charge < -0.3 is 18.8 Å². The number of aryl methyl sites for hydroxylation is 1. The van der Waals surface area contributed by atoms with Gasteiger partial charge in [-0.25, -0.2) is 8.42 Å². The summed E-state index contributed by atoms with van der Waals surface area (Å²) >= 11 is 0. The number of carbonyl (C=O) groups excluding carboxylic acids is 1. The van der Waals surface area contributed by atoms with Gasteiger partial charge in [0.25, 0.3) is 0 Å². The van der Waals surface area contributed by atoms with E-state index >= 15 is 0 Å². The van der Waals surface area contributed by atoms with Gasteiger partial charge in [-0.05, 0) is 43.0 Å². The maximum atomic E-state index is 12.8. The van der Waals surface area contributed by atoms with Crippen LogP contribution in [0.5, 0.6) is 17.4 Å². The van der Waals surface area contributed by atoms with Gasteiger partial charge in [0.15, 0.2) is 33.1 Å². The average Bonchev–Trinajstić information content (AvgIpc) is 3.16. The molecule has 1 heterocycles. The van der Waals surface area contributed by atoms with E-state index in [9.17, 15) is 18.0 Å². The number of pyridine rings is 1. The minimum Gasteiger partial charge on any atom is -0.741 e. The maximum absolute atomic E-state index is 12.8. The molecule has 212 valence electrons. The minimum atomic E-state index is -6.09. The number of benzene rings is 1. The number of ether oxygens (including phenoxy) is 3. The lowest BCUT2D eigenvalue weighted by molar-refractivity contribution is -0.684. The summed E-state index contributed by atoms with van der Waals surface area (Å²) in [6.07, 6.45) is 8.72. The van der Waals surface area contributed by atoms with Crippen molar-refractivity contribution in [3.63, 3.8) is 0 Å². The molecule has 0 radical (unpaired) electrons. The Morgan fingerprint density at radius 3 is 2.13 bits per heavy atom. The van der Waals surface area contributed by atoms with E-state index in [1.165, 1.54) is 31.4 Å².